The highest BCUT2D eigenvalue weighted by molar-refractivity contribution is 7.90. The van der Waals surface area contributed by atoms with Crippen molar-refractivity contribution < 1.29 is 17.9 Å². The number of sulfone groups is 1. The van der Waals surface area contributed by atoms with Crippen LogP contribution in [0, 0.1) is 0 Å². The summed E-state index contributed by atoms with van der Waals surface area (Å²) in [4.78, 5) is 21.1. The molecule has 176 valence electrons. The number of nitrogens with one attached hydrogen (secondary N) is 2. The number of amides is 1. The van der Waals surface area contributed by atoms with E-state index in [9.17, 15) is 13.2 Å². The van der Waals surface area contributed by atoms with Gasteiger partial charge in [0.25, 0.3) is 5.91 Å². The van der Waals surface area contributed by atoms with E-state index in [0.717, 1.165) is 11.8 Å². The van der Waals surface area contributed by atoms with Crippen LogP contribution in [0.25, 0.3) is 11.3 Å². The summed E-state index contributed by atoms with van der Waals surface area (Å²) in [5.41, 5.74) is 2.15. The Morgan fingerprint density at radius 1 is 1.27 bits per heavy atom. The summed E-state index contributed by atoms with van der Waals surface area (Å²) in [5.74, 6) is 0.131. The summed E-state index contributed by atoms with van der Waals surface area (Å²) < 4.78 is 29.7. The first-order valence-corrected chi connectivity index (χ1v) is 12.5. The van der Waals surface area contributed by atoms with Crippen LogP contribution in [0.2, 0.25) is 5.02 Å². The van der Waals surface area contributed by atoms with Gasteiger partial charge in [-0.15, -0.1) is 0 Å². The van der Waals surface area contributed by atoms with Crippen LogP contribution >= 0.6 is 11.6 Å². The van der Waals surface area contributed by atoms with E-state index in [2.05, 4.69) is 25.7 Å². The quantitative estimate of drug-likeness (QED) is 0.466. The Labute approximate surface area is 197 Å². The van der Waals surface area contributed by atoms with Crippen molar-refractivity contribution >= 4 is 39.0 Å². The Hall–Kier alpha value is -3.18. The van der Waals surface area contributed by atoms with Gasteiger partial charge in [-0.1, -0.05) is 11.6 Å². The first kappa shape index (κ1) is 24.5. The molecule has 2 N–H and O–H groups in total. The molecule has 10 nitrogen and oxygen atoms in total. The smallest absolute Gasteiger partial charge is 0.251 e. The van der Waals surface area contributed by atoms with Crippen molar-refractivity contribution in [2.75, 3.05) is 31.0 Å². The number of carbonyl (C=O) groups excluding carboxylic acids is 1. The number of nitrogens with zero attached hydrogens (tertiary/aromatic N) is 4. The fourth-order valence-corrected chi connectivity index (χ4v) is 3.55. The molecule has 12 heteroatoms. The summed E-state index contributed by atoms with van der Waals surface area (Å²) in [6.45, 7) is 4.06. The molecule has 0 aliphatic heterocycles. The third-order valence-corrected chi connectivity index (χ3v) is 5.84. The van der Waals surface area contributed by atoms with Crippen molar-refractivity contribution in [2.45, 2.75) is 19.9 Å². The van der Waals surface area contributed by atoms with Crippen LogP contribution in [0.4, 0.5) is 11.6 Å². The minimum atomic E-state index is -3.16. The molecule has 2 heterocycles. The number of benzene rings is 1. The summed E-state index contributed by atoms with van der Waals surface area (Å²) in [6.07, 6.45) is 6.16. The fraction of sp³-hybridized carbons (Fsp3) is 0.333. The molecule has 0 fully saturated rings. The molecule has 33 heavy (non-hydrogen) atoms. The van der Waals surface area contributed by atoms with Gasteiger partial charge in [0.05, 0.1) is 41.7 Å². The average molecular weight is 493 g/mol. The molecular formula is C21H25ClN6O4S. The van der Waals surface area contributed by atoms with Crippen LogP contribution in [0.5, 0.6) is 5.75 Å². The molecule has 0 saturated heterocycles. The van der Waals surface area contributed by atoms with E-state index in [-0.39, 0.29) is 24.3 Å². The maximum absolute atomic E-state index is 12.3. The van der Waals surface area contributed by atoms with Crippen LogP contribution < -0.4 is 15.4 Å². The topological polar surface area (TPSA) is 128 Å². The normalized spacial score (nSPS) is 11.5. The molecule has 0 bridgehead atoms. The Morgan fingerprint density at radius 2 is 2.03 bits per heavy atom. The molecule has 0 spiro atoms. The van der Waals surface area contributed by atoms with Crippen LogP contribution in [0.1, 0.15) is 30.2 Å². The highest BCUT2D eigenvalue weighted by Crippen LogP contribution is 2.30. The van der Waals surface area contributed by atoms with E-state index in [1.807, 2.05) is 24.7 Å². The maximum Gasteiger partial charge on any atom is 0.251 e. The molecule has 0 radical (unpaired) electrons. The van der Waals surface area contributed by atoms with Crippen LogP contribution in [-0.4, -0.2) is 59.7 Å². The number of halogens is 1. The zero-order chi connectivity index (χ0) is 24.2. The number of rotatable bonds is 9. The molecule has 1 aromatic carbocycles. The Morgan fingerprint density at radius 3 is 2.67 bits per heavy atom. The van der Waals surface area contributed by atoms with Crippen molar-refractivity contribution in [3.8, 4) is 17.0 Å². The molecular weight excluding hydrogens is 468 g/mol. The molecule has 0 aliphatic rings. The Kier molecular flexibility index (Phi) is 7.54. The Balaban J connectivity index is 1.79. The maximum atomic E-state index is 12.3. The number of carbonyl (C=O) groups is 1. The van der Waals surface area contributed by atoms with Gasteiger partial charge in [0, 0.05) is 36.2 Å². The Bertz CT molecular complexity index is 1260. The van der Waals surface area contributed by atoms with E-state index in [0.29, 0.717) is 27.7 Å². The number of anilines is 2. The van der Waals surface area contributed by atoms with E-state index < -0.39 is 15.7 Å². The van der Waals surface area contributed by atoms with E-state index in [4.69, 9.17) is 16.3 Å². The van der Waals surface area contributed by atoms with E-state index in [1.54, 1.807) is 24.4 Å². The molecule has 1 amide bonds. The van der Waals surface area contributed by atoms with E-state index in [1.165, 1.54) is 13.3 Å². The predicted molar refractivity (Wildman–Crippen MR) is 127 cm³/mol. The highest BCUT2D eigenvalue weighted by Gasteiger charge is 2.15. The van der Waals surface area contributed by atoms with Gasteiger partial charge < -0.3 is 15.4 Å². The van der Waals surface area contributed by atoms with Gasteiger partial charge in [0.2, 0.25) is 5.95 Å². The van der Waals surface area contributed by atoms with Gasteiger partial charge in [0.15, 0.2) is 0 Å². The van der Waals surface area contributed by atoms with Gasteiger partial charge in [-0.3, -0.25) is 9.48 Å². The third-order valence-electron chi connectivity index (χ3n) is 4.62. The van der Waals surface area contributed by atoms with E-state index >= 15 is 0 Å². The zero-order valence-corrected chi connectivity index (χ0v) is 20.2. The van der Waals surface area contributed by atoms with Gasteiger partial charge in [-0.2, -0.15) is 5.10 Å². The second kappa shape index (κ2) is 10.2. The molecule has 0 unspecified atom stereocenters. The summed E-state index contributed by atoms with van der Waals surface area (Å²) in [7, 11) is -1.69. The van der Waals surface area contributed by atoms with Crippen molar-refractivity contribution in [2.24, 2.45) is 0 Å². The number of ether oxygens (including phenoxy) is 1. The van der Waals surface area contributed by atoms with Gasteiger partial charge in [-0.05, 0) is 32.0 Å². The monoisotopic (exact) mass is 492 g/mol. The fourth-order valence-electron chi connectivity index (χ4n) is 2.88. The van der Waals surface area contributed by atoms with Gasteiger partial charge >= 0.3 is 0 Å². The van der Waals surface area contributed by atoms with Gasteiger partial charge in [0.1, 0.15) is 15.6 Å². The number of hydrogen-bond donors (Lipinski definition) is 2. The lowest BCUT2D eigenvalue weighted by atomic mass is 10.1. The lowest BCUT2D eigenvalue weighted by Gasteiger charge is -2.13. The van der Waals surface area contributed by atoms with Crippen molar-refractivity contribution in [1.82, 2.24) is 25.1 Å². The first-order chi connectivity index (χ1) is 15.6. The number of hydrogen-bond acceptors (Lipinski definition) is 8. The summed E-state index contributed by atoms with van der Waals surface area (Å²) in [6, 6.07) is 4.98. The number of aromatic nitrogens is 4. The molecule has 0 atom stereocenters. The lowest BCUT2D eigenvalue weighted by Crippen LogP contribution is -2.28. The SMILES string of the molecule is COc1cc(C(=O)NCCS(C)(=O)=O)ccc1Nc1ncc(Cl)c(-c2cnn(C(C)C)c2)n1. The molecule has 0 saturated carbocycles. The lowest BCUT2D eigenvalue weighted by molar-refractivity contribution is 0.0956. The van der Waals surface area contributed by atoms with Gasteiger partial charge in [-0.25, -0.2) is 18.4 Å². The zero-order valence-electron chi connectivity index (χ0n) is 18.7. The minimum absolute atomic E-state index is 0.0226. The average Bonchev–Trinajstić information content (AvgIpc) is 3.24. The minimum Gasteiger partial charge on any atom is -0.495 e. The summed E-state index contributed by atoms with van der Waals surface area (Å²) in [5, 5.41) is 10.4. The first-order valence-electron chi connectivity index (χ1n) is 10.1. The second-order valence-electron chi connectivity index (χ2n) is 7.62. The van der Waals surface area contributed by atoms with Crippen LogP contribution in [-0.2, 0) is 9.84 Å². The van der Waals surface area contributed by atoms with Crippen molar-refractivity contribution in [3.63, 3.8) is 0 Å². The summed E-state index contributed by atoms with van der Waals surface area (Å²) >= 11 is 6.31. The van der Waals surface area contributed by atoms with Crippen LogP contribution in [0.3, 0.4) is 0 Å². The molecule has 2 aromatic heterocycles. The van der Waals surface area contributed by atoms with Crippen LogP contribution in [0.15, 0.2) is 36.8 Å². The highest BCUT2D eigenvalue weighted by atomic mass is 35.5. The third kappa shape index (κ3) is 6.42. The largest absolute Gasteiger partial charge is 0.495 e. The molecule has 0 aliphatic carbocycles. The predicted octanol–water partition coefficient (Wildman–Crippen LogP) is 3.10. The van der Waals surface area contributed by atoms with Crippen molar-refractivity contribution in [1.29, 1.82) is 0 Å². The number of methoxy groups -OCH3 is 1. The second-order valence-corrected chi connectivity index (χ2v) is 10.3. The standard InChI is InChI=1S/C21H25ClN6O4S/c1-13(2)28-12-15(10-25-28)19-16(22)11-24-21(27-19)26-17-6-5-14(9-18(17)32-3)20(29)23-7-8-33(4,30)31/h5-6,9-13H,7-8H2,1-4H3,(H,23,29)(H,24,26,27). The molecule has 3 rings (SSSR count). The van der Waals surface area contributed by atoms with Crippen molar-refractivity contribution in [3.05, 3.63) is 47.4 Å². The molecule has 3 aromatic rings.